The van der Waals surface area contributed by atoms with Crippen LogP contribution in [0.2, 0.25) is 0 Å². The molecule has 0 radical (unpaired) electrons. The molecular formula is C20H23N3O4. The Morgan fingerprint density at radius 3 is 2.56 bits per heavy atom. The Bertz CT molecular complexity index is 754. The standard InChI is InChI=1S/C20H23N3O4/c24-13-18-17(23-20(26)14-8-10-21-11-9-14)7-6-16(27-18)12-19(25)22-15-4-2-1-3-5-15/h1-5,8-11,16-18,24H,6-7,12-13H2,(H,22,25)(H,23,26)/t16-,17-,18-/m0/s1. The number of ether oxygens (including phenoxy) is 1. The third-order valence-corrected chi connectivity index (χ3v) is 4.53. The lowest BCUT2D eigenvalue weighted by Gasteiger charge is -2.36. The van der Waals surface area contributed by atoms with E-state index in [4.69, 9.17) is 4.74 Å². The zero-order valence-electron chi connectivity index (χ0n) is 14.9. The predicted octanol–water partition coefficient (Wildman–Crippen LogP) is 1.75. The van der Waals surface area contributed by atoms with E-state index in [9.17, 15) is 14.7 Å². The summed E-state index contributed by atoms with van der Waals surface area (Å²) in [7, 11) is 0. The van der Waals surface area contributed by atoms with Gasteiger partial charge in [-0.15, -0.1) is 0 Å². The van der Waals surface area contributed by atoms with Crippen molar-refractivity contribution in [1.82, 2.24) is 10.3 Å². The predicted molar refractivity (Wildman–Crippen MR) is 100 cm³/mol. The van der Waals surface area contributed by atoms with Crippen LogP contribution in [0.25, 0.3) is 0 Å². The van der Waals surface area contributed by atoms with Crippen LogP contribution >= 0.6 is 0 Å². The molecule has 3 atom stereocenters. The van der Waals surface area contributed by atoms with Crippen LogP contribution in [0.15, 0.2) is 54.9 Å². The van der Waals surface area contributed by atoms with E-state index in [1.54, 1.807) is 24.5 Å². The van der Waals surface area contributed by atoms with Gasteiger partial charge in [-0.25, -0.2) is 0 Å². The van der Waals surface area contributed by atoms with Crippen molar-refractivity contribution in [2.24, 2.45) is 0 Å². The summed E-state index contributed by atoms with van der Waals surface area (Å²) >= 11 is 0. The number of para-hydroxylation sites is 1. The van der Waals surface area contributed by atoms with E-state index < -0.39 is 6.10 Å². The SMILES string of the molecule is O=C(C[C@@H]1CC[C@H](NC(=O)c2ccncc2)[C@H](CO)O1)Nc1ccccc1. The number of rotatable bonds is 6. The van der Waals surface area contributed by atoms with Crippen molar-refractivity contribution in [3.8, 4) is 0 Å². The van der Waals surface area contributed by atoms with Crippen molar-refractivity contribution < 1.29 is 19.4 Å². The van der Waals surface area contributed by atoms with Gasteiger partial charge in [0, 0.05) is 23.6 Å². The highest BCUT2D eigenvalue weighted by atomic mass is 16.5. The second-order valence-electron chi connectivity index (χ2n) is 6.49. The van der Waals surface area contributed by atoms with Gasteiger partial charge in [-0.1, -0.05) is 18.2 Å². The number of hydrogen-bond donors (Lipinski definition) is 3. The molecule has 7 nitrogen and oxygen atoms in total. The van der Waals surface area contributed by atoms with Gasteiger partial charge in [0.1, 0.15) is 6.10 Å². The summed E-state index contributed by atoms with van der Waals surface area (Å²) in [5, 5.41) is 15.4. The highest BCUT2D eigenvalue weighted by Crippen LogP contribution is 2.23. The van der Waals surface area contributed by atoms with Crippen molar-refractivity contribution in [2.45, 2.75) is 37.5 Å². The number of carbonyl (C=O) groups is 2. The van der Waals surface area contributed by atoms with Crippen molar-refractivity contribution in [2.75, 3.05) is 11.9 Å². The molecule has 1 aliphatic rings. The first-order valence-corrected chi connectivity index (χ1v) is 8.98. The minimum atomic E-state index is -0.543. The quantitative estimate of drug-likeness (QED) is 0.720. The average molecular weight is 369 g/mol. The lowest BCUT2D eigenvalue weighted by Crippen LogP contribution is -2.51. The van der Waals surface area contributed by atoms with Crippen molar-refractivity contribution >= 4 is 17.5 Å². The van der Waals surface area contributed by atoms with E-state index in [0.717, 1.165) is 5.69 Å². The summed E-state index contributed by atoms with van der Waals surface area (Å²) in [6, 6.07) is 12.2. The Hall–Kier alpha value is -2.77. The number of carbonyl (C=O) groups excluding carboxylic acids is 2. The van der Waals surface area contributed by atoms with E-state index in [0.29, 0.717) is 18.4 Å². The van der Waals surface area contributed by atoms with Gasteiger partial charge in [-0.2, -0.15) is 0 Å². The average Bonchev–Trinajstić information content (AvgIpc) is 2.70. The number of nitrogens with one attached hydrogen (secondary N) is 2. The normalized spacial score (nSPS) is 22.0. The number of pyridine rings is 1. The number of aromatic nitrogens is 1. The summed E-state index contributed by atoms with van der Waals surface area (Å²) in [6.07, 6.45) is 3.73. The molecule has 2 heterocycles. The lowest BCUT2D eigenvalue weighted by molar-refractivity contribution is -0.126. The lowest BCUT2D eigenvalue weighted by atomic mass is 9.96. The number of benzene rings is 1. The van der Waals surface area contributed by atoms with Crippen LogP contribution in [0.5, 0.6) is 0 Å². The van der Waals surface area contributed by atoms with Crippen molar-refractivity contribution in [3.05, 3.63) is 60.4 Å². The van der Waals surface area contributed by atoms with Gasteiger partial charge in [-0.05, 0) is 37.1 Å². The molecule has 27 heavy (non-hydrogen) atoms. The molecule has 3 rings (SSSR count). The Morgan fingerprint density at radius 1 is 1.11 bits per heavy atom. The second-order valence-corrected chi connectivity index (χ2v) is 6.49. The fraction of sp³-hybridized carbons (Fsp3) is 0.350. The summed E-state index contributed by atoms with van der Waals surface area (Å²) in [4.78, 5) is 28.4. The Labute approximate surface area is 157 Å². The van der Waals surface area contributed by atoms with Crippen LogP contribution in [0.4, 0.5) is 5.69 Å². The number of amides is 2. The minimum Gasteiger partial charge on any atom is -0.394 e. The molecule has 1 aliphatic heterocycles. The van der Waals surface area contributed by atoms with Gasteiger partial charge in [0.2, 0.25) is 5.91 Å². The molecule has 1 aromatic carbocycles. The highest BCUT2D eigenvalue weighted by molar-refractivity contribution is 5.94. The van der Waals surface area contributed by atoms with E-state index in [1.807, 2.05) is 30.3 Å². The van der Waals surface area contributed by atoms with E-state index in [2.05, 4.69) is 15.6 Å². The van der Waals surface area contributed by atoms with Crippen LogP contribution in [0.1, 0.15) is 29.6 Å². The Balaban J connectivity index is 1.51. The van der Waals surface area contributed by atoms with Crippen LogP contribution in [-0.2, 0) is 9.53 Å². The van der Waals surface area contributed by atoms with E-state index >= 15 is 0 Å². The van der Waals surface area contributed by atoms with E-state index in [1.165, 1.54) is 0 Å². The van der Waals surface area contributed by atoms with E-state index in [-0.39, 0.29) is 37.0 Å². The first-order chi connectivity index (χ1) is 13.2. The third-order valence-electron chi connectivity index (χ3n) is 4.53. The Morgan fingerprint density at radius 2 is 1.85 bits per heavy atom. The van der Waals surface area contributed by atoms with Gasteiger partial charge in [0.15, 0.2) is 0 Å². The molecule has 2 aromatic rings. The first kappa shape index (κ1) is 19.0. The maximum absolute atomic E-state index is 12.3. The minimum absolute atomic E-state index is 0.137. The zero-order chi connectivity index (χ0) is 19.1. The molecule has 0 unspecified atom stereocenters. The molecule has 1 aromatic heterocycles. The molecule has 1 fully saturated rings. The molecule has 7 heteroatoms. The zero-order valence-corrected chi connectivity index (χ0v) is 14.9. The molecule has 3 N–H and O–H groups in total. The largest absolute Gasteiger partial charge is 0.394 e. The van der Waals surface area contributed by atoms with Crippen LogP contribution in [0, 0.1) is 0 Å². The van der Waals surface area contributed by atoms with Crippen LogP contribution < -0.4 is 10.6 Å². The maximum atomic E-state index is 12.3. The summed E-state index contributed by atoms with van der Waals surface area (Å²) in [5.74, 6) is -0.369. The molecule has 0 bridgehead atoms. The molecule has 0 aliphatic carbocycles. The molecule has 0 spiro atoms. The topological polar surface area (TPSA) is 101 Å². The number of nitrogens with zero attached hydrogens (tertiary/aromatic N) is 1. The van der Waals surface area contributed by atoms with Crippen molar-refractivity contribution in [3.63, 3.8) is 0 Å². The Kier molecular flexibility index (Phi) is 6.51. The van der Waals surface area contributed by atoms with Gasteiger partial charge in [-0.3, -0.25) is 14.6 Å². The molecule has 1 saturated heterocycles. The van der Waals surface area contributed by atoms with Gasteiger partial charge in [0.25, 0.3) is 5.91 Å². The summed E-state index contributed by atoms with van der Waals surface area (Å²) in [5.41, 5.74) is 1.24. The second kappa shape index (κ2) is 9.25. The summed E-state index contributed by atoms with van der Waals surface area (Å²) in [6.45, 7) is -0.224. The summed E-state index contributed by atoms with van der Waals surface area (Å²) < 4.78 is 5.86. The van der Waals surface area contributed by atoms with Crippen LogP contribution in [0.3, 0.4) is 0 Å². The number of anilines is 1. The first-order valence-electron chi connectivity index (χ1n) is 8.98. The third kappa shape index (κ3) is 5.35. The molecule has 142 valence electrons. The number of aliphatic hydroxyl groups excluding tert-OH is 1. The molecule has 0 saturated carbocycles. The highest BCUT2D eigenvalue weighted by Gasteiger charge is 2.33. The van der Waals surface area contributed by atoms with Crippen LogP contribution in [-0.4, -0.2) is 46.8 Å². The fourth-order valence-electron chi connectivity index (χ4n) is 3.14. The number of hydrogen-bond acceptors (Lipinski definition) is 5. The maximum Gasteiger partial charge on any atom is 0.251 e. The van der Waals surface area contributed by atoms with Gasteiger partial charge >= 0.3 is 0 Å². The molecular weight excluding hydrogens is 346 g/mol. The smallest absolute Gasteiger partial charge is 0.251 e. The monoisotopic (exact) mass is 369 g/mol. The fourth-order valence-corrected chi connectivity index (χ4v) is 3.14. The van der Waals surface area contributed by atoms with Crippen molar-refractivity contribution in [1.29, 1.82) is 0 Å². The van der Waals surface area contributed by atoms with Gasteiger partial charge < -0.3 is 20.5 Å². The van der Waals surface area contributed by atoms with Gasteiger partial charge in [0.05, 0.1) is 25.2 Å². The number of aliphatic hydroxyl groups is 1. The molecule has 2 amide bonds.